The summed E-state index contributed by atoms with van der Waals surface area (Å²) in [6, 6.07) is 6.40. The Morgan fingerprint density at radius 1 is 1.56 bits per heavy atom. The number of rotatable bonds is 6. The number of aromatic hydroxyl groups is 1. The van der Waals surface area contributed by atoms with Crippen LogP contribution in [0.15, 0.2) is 34.5 Å². The van der Waals surface area contributed by atoms with E-state index in [1.165, 1.54) is 0 Å². The number of benzene rings is 1. The van der Waals surface area contributed by atoms with E-state index < -0.39 is 6.04 Å². The number of hydrogen-bond donors (Lipinski definition) is 2. The van der Waals surface area contributed by atoms with Crippen LogP contribution in [-0.4, -0.2) is 21.6 Å². The molecule has 1 aromatic rings. The number of phenols is 1. The van der Waals surface area contributed by atoms with Crippen molar-refractivity contribution >= 4 is 28.5 Å². The monoisotopic (exact) mass is 361 g/mol. The maximum atomic E-state index is 11.6. The number of carbonyl (C=O) groups is 1. The van der Waals surface area contributed by atoms with E-state index in [2.05, 4.69) is 38.1 Å². The number of hydrogen-bond acceptors (Lipinski definition) is 4. The van der Waals surface area contributed by atoms with Crippen LogP contribution in [0.1, 0.15) is 18.9 Å². The molecule has 1 aromatic carbocycles. The van der Waals surface area contributed by atoms with Crippen molar-refractivity contribution in [2.45, 2.75) is 25.9 Å². The first-order valence-corrected chi connectivity index (χ1v) is 7.18. The Balaban J connectivity index is 2.55. The Morgan fingerprint density at radius 2 is 2.33 bits per heavy atom. The molecule has 0 saturated heterocycles. The van der Waals surface area contributed by atoms with E-state index in [1.807, 2.05) is 13.0 Å². The molecule has 0 saturated carbocycles. The predicted octanol–water partition coefficient (Wildman–Crippen LogP) is 2.63. The molecule has 18 heavy (non-hydrogen) atoms. The standard InChI is InChI=1S/C12H16IN3O2/c1-2-11(12(18)14-8-13)16-15-7-9-4-3-5-10(17)6-9/h3-6,11,17H,2,7-8H2,1H3,(H,14,18). The highest BCUT2D eigenvalue weighted by Crippen LogP contribution is 2.12. The summed E-state index contributed by atoms with van der Waals surface area (Å²) in [4.78, 5) is 11.6. The van der Waals surface area contributed by atoms with Crippen LogP contribution in [0.25, 0.3) is 0 Å². The van der Waals surface area contributed by atoms with Crippen molar-refractivity contribution in [1.82, 2.24) is 5.32 Å². The molecule has 1 amide bonds. The van der Waals surface area contributed by atoms with E-state index in [-0.39, 0.29) is 11.7 Å². The SMILES string of the molecule is CCC(N=NCc1cccc(O)c1)C(=O)NCI. The Kier molecular flexibility index (Phi) is 6.63. The number of amides is 1. The van der Waals surface area contributed by atoms with Crippen molar-refractivity contribution in [3.63, 3.8) is 0 Å². The van der Waals surface area contributed by atoms with Crippen molar-refractivity contribution in [1.29, 1.82) is 0 Å². The zero-order valence-electron chi connectivity index (χ0n) is 10.1. The molecule has 1 atom stereocenters. The molecule has 0 fully saturated rings. The van der Waals surface area contributed by atoms with E-state index in [4.69, 9.17) is 0 Å². The molecule has 5 nitrogen and oxygen atoms in total. The third-order valence-corrected chi connectivity index (χ3v) is 2.70. The van der Waals surface area contributed by atoms with Gasteiger partial charge in [-0.25, -0.2) is 0 Å². The van der Waals surface area contributed by atoms with Crippen LogP contribution in [0.5, 0.6) is 5.75 Å². The number of halogens is 1. The number of phenolic OH excluding ortho intramolecular Hbond substituents is 1. The minimum absolute atomic E-state index is 0.105. The summed E-state index contributed by atoms with van der Waals surface area (Å²) in [5, 5.41) is 20.0. The van der Waals surface area contributed by atoms with Gasteiger partial charge in [-0.3, -0.25) is 4.79 Å². The van der Waals surface area contributed by atoms with Crippen LogP contribution in [0.2, 0.25) is 0 Å². The van der Waals surface area contributed by atoms with E-state index >= 15 is 0 Å². The smallest absolute Gasteiger partial charge is 0.247 e. The van der Waals surface area contributed by atoms with Crippen molar-refractivity contribution in [3.05, 3.63) is 29.8 Å². The number of carbonyl (C=O) groups excluding carboxylic acids is 1. The largest absolute Gasteiger partial charge is 0.508 e. The van der Waals surface area contributed by atoms with Gasteiger partial charge in [0.15, 0.2) is 0 Å². The topological polar surface area (TPSA) is 74.0 Å². The fourth-order valence-electron chi connectivity index (χ4n) is 1.38. The van der Waals surface area contributed by atoms with Crippen LogP contribution in [-0.2, 0) is 11.3 Å². The summed E-state index contributed by atoms with van der Waals surface area (Å²) in [6.07, 6.45) is 0.617. The molecule has 6 heteroatoms. The average molecular weight is 361 g/mol. The summed E-state index contributed by atoms with van der Waals surface area (Å²) in [5.74, 6) is 0.101. The first-order chi connectivity index (χ1) is 8.67. The summed E-state index contributed by atoms with van der Waals surface area (Å²) >= 11 is 2.07. The number of alkyl halides is 1. The Morgan fingerprint density at radius 3 is 2.94 bits per heavy atom. The number of azo groups is 1. The van der Waals surface area contributed by atoms with Crippen LogP contribution < -0.4 is 5.32 Å². The minimum Gasteiger partial charge on any atom is -0.508 e. The van der Waals surface area contributed by atoms with Gasteiger partial charge in [0.1, 0.15) is 11.8 Å². The molecule has 0 aliphatic rings. The number of nitrogens with zero attached hydrogens (tertiary/aromatic N) is 2. The van der Waals surface area contributed by atoms with Gasteiger partial charge in [-0.1, -0.05) is 41.6 Å². The van der Waals surface area contributed by atoms with Crippen molar-refractivity contribution in [2.75, 3.05) is 4.55 Å². The second kappa shape index (κ2) is 8.02. The van der Waals surface area contributed by atoms with Crippen LogP contribution in [0, 0.1) is 0 Å². The van der Waals surface area contributed by atoms with Gasteiger partial charge in [0.2, 0.25) is 5.91 Å². The van der Waals surface area contributed by atoms with Gasteiger partial charge in [-0.05, 0) is 24.1 Å². The molecule has 98 valence electrons. The second-order valence-electron chi connectivity index (χ2n) is 3.68. The first kappa shape index (κ1) is 14.9. The Bertz CT molecular complexity index is 424. The highest BCUT2D eigenvalue weighted by molar-refractivity contribution is 14.1. The predicted molar refractivity (Wildman–Crippen MR) is 77.8 cm³/mol. The van der Waals surface area contributed by atoms with E-state index in [1.54, 1.807) is 18.2 Å². The molecule has 0 aromatic heterocycles. The van der Waals surface area contributed by atoms with Crippen LogP contribution in [0.4, 0.5) is 0 Å². The lowest BCUT2D eigenvalue weighted by Crippen LogP contribution is -2.31. The van der Waals surface area contributed by atoms with Gasteiger partial charge in [0, 0.05) is 0 Å². The zero-order valence-corrected chi connectivity index (χ0v) is 12.3. The van der Waals surface area contributed by atoms with Gasteiger partial charge < -0.3 is 10.4 Å². The van der Waals surface area contributed by atoms with E-state index in [0.29, 0.717) is 17.5 Å². The summed E-state index contributed by atoms with van der Waals surface area (Å²) in [7, 11) is 0. The van der Waals surface area contributed by atoms with Crippen LogP contribution >= 0.6 is 22.6 Å². The molecule has 0 heterocycles. The van der Waals surface area contributed by atoms with E-state index in [9.17, 15) is 9.90 Å². The molecule has 2 N–H and O–H groups in total. The molecular formula is C12H16IN3O2. The molecule has 1 rings (SSSR count). The molecule has 0 spiro atoms. The zero-order chi connectivity index (χ0) is 13.4. The van der Waals surface area contributed by atoms with Gasteiger partial charge >= 0.3 is 0 Å². The second-order valence-corrected chi connectivity index (χ2v) is 4.45. The van der Waals surface area contributed by atoms with Crippen molar-refractivity contribution in [3.8, 4) is 5.75 Å². The molecule has 0 aliphatic heterocycles. The quantitative estimate of drug-likeness (QED) is 0.354. The normalized spacial score (nSPS) is 12.6. The van der Waals surface area contributed by atoms with Gasteiger partial charge in [0.25, 0.3) is 0 Å². The fourth-order valence-corrected chi connectivity index (χ4v) is 1.75. The average Bonchev–Trinajstić information content (AvgIpc) is 2.35. The lowest BCUT2D eigenvalue weighted by molar-refractivity contribution is -0.122. The molecular weight excluding hydrogens is 345 g/mol. The third-order valence-electron chi connectivity index (χ3n) is 2.32. The summed E-state index contributed by atoms with van der Waals surface area (Å²) in [5.41, 5.74) is 0.864. The molecule has 0 radical (unpaired) electrons. The maximum Gasteiger partial charge on any atom is 0.247 e. The van der Waals surface area contributed by atoms with Crippen molar-refractivity contribution < 1.29 is 9.90 Å². The van der Waals surface area contributed by atoms with Crippen LogP contribution in [0.3, 0.4) is 0 Å². The number of nitrogens with one attached hydrogen (secondary N) is 1. The highest BCUT2D eigenvalue weighted by Gasteiger charge is 2.13. The van der Waals surface area contributed by atoms with Gasteiger partial charge in [-0.15, -0.1) is 0 Å². The first-order valence-electron chi connectivity index (χ1n) is 5.65. The third kappa shape index (κ3) is 4.99. The molecule has 0 aliphatic carbocycles. The molecule has 0 bridgehead atoms. The maximum absolute atomic E-state index is 11.6. The molecule has 1 unspecified atom stereocenters. The van der Waals surface area contributed by atoms with E-state index in [0.717, 1.165) is 5.56 Å². The lowest BCUT2D eigenvalue weighted by Gasteiger charge is -2.07. The lowest BCUT2D eigenvalue weighted by atomic mass is 10.2. The van der Waals surface area contributed by atoms with Gasteiger partial charge in [0.05, 0.1) is 11.1 Å². The minimum atomic E-state index is -0.433. The summed E-state index contributed by atoms with van der Waals surface area (Å²) < 4.78 is 0.565. The summed E-state index contributed by atoms with van der Waals surface area (Å²) in [6.45, 7) is 2.26. The van der Waals surface area contributed by atoms with Crippen molar-refractivity contribution in [2.24, 2.45) is 10.2 Å². The van der Waals surface area contributed by atoms with Gasteiger partial charge in [-0.2, -0.15) is 10.2 Å². The Hall–Kier alpha value is -1.18. The Labute approximate surface area is 120 Å². The highest BCUT2D eigenvalue weighted by atomic mass is 127. The fraction of sp³-hybridized carbons (Fsp3) is 0.417.